The third-order valence-corrected chi connectivity index (χ3v) is 4.93. The number of para-hydroxylation sites is 1. The minimum Gasteiger partial charge on any atom is -0.469 e. The van der Waals surface area contributed by atoms with Crippen LogP contribution in [0, 0.1) is 6.92 Å². The van der Waals surface area contributed by atoms with Crippen molar-refractivity contribution in [2.24, 2.45) is 0 Å². The average Bonchev–Trinajstić information content (AvgIpc) is 3.16. The van der Waals surface area contributed by atoms with E-state index in [1.165, 1.54) is 16.4 Å². The first-order valence-electron chi connectivity index (χ1n) is 7.44. The lowest BCUT2D eigenvalue weighted by molar-refractivity contribution is -0.115. The highest BCUT2D eigenvalue weighted by molar-refractivity contribution is 8.00. The Balaban J connectivity index is 1.72. The predicted molar refractivity (Wildman–Crippen MR) is 98.0 cm³/mol. The SMILES string of the molecule is Cc1occc1-c1nnc(SC(C)C(=O)Nc2ccccc2Cl)n1N. The highest BCUT2D eigenvalue weighted by atomic mass is 35.5. The Hall–Kier alpha value is -2.45. The Morgan fingerprint density at radius 3 is 2.80 bits per heavy atom. The van der Waals surface area contributed by atoms with Crippen LogP contribution in [0.25, 0.3) is 11.4 Å². The van der Waals surface area contributed by atoms with E-state index >= 15 is 0 Å². The van der Waals surface area contributed by atoms with E-state index < -0.39 is 5.25 Å². The van der Waals surface area contributed by atoms with Crippen LogP contribution in [0.1, 0.15) is 12.7 Å². The Kier molecular flexibility index (Phi) is 5.00. The van der Waals surface area contributed by atoms with Crippen LogP contribution in [-0.4, -0.2) is 26.0 Å². The summed E-state index contributed by atoms with van der Waals surface area (Å²) in [4.78, 5) is 12.4. The van der Waals surface area contributed by atoms with Gasteiger partial charge in [0.1, 0.15) is 5.76 Å². The molecule has 25 heavy (non-hydrogen) atoms. The average molecular weight is 378 g/mol. The maximum absolute atomic E-state index is 12.4. The van der Waals surface area contributed by atoms with Gasteiger partial charge in [-0.1, -0.05) is 35.5 Å². The van der Waals surface area contributed by atoms with Gasteiger partial charge >= 0.3 is 0 Å². The van der Waals surface area contributed by atoms with Crippen molar-refractivity contribution in [3.8, 4) is 11.4 Å². The van der Waals surface area contributed by atoms with E-state index in [9.17, 15) is 4.79 Å². The highest BCUT2D eigenvalue weighted by Crippen LogP contribution is 2.28. The predicted octanol–water partition coefficient (Wildman–Crippen LogP) is 3.33. The van der Waals surface area contributed by atoms with Crippen LogP contribution in [0.2, 0.25) is 5.02 Å². The quantitative estimate of drug-likeness (QED) is 0.522. The molecule has 3 N–H and O–H groups in total. The summed E-state index contributed by atoms with van der Waals surface area (Å²) < 4.78 is 6.61. The summed E-state index contributed by atoms with van der Waals surface area (Å²) in [6, 6.07) is 8.82. The zero-order chi connectivity index (χ0) is 18.0. The molecule has 0 bridgehead atoms. The summed E-state index contributed by atoms with van der Waals surface area (Å²) in [7, 11) is 0. The van der Waals surface area contributed by atoms with Gasteiger partial charge in [-0.05, 0) is 32.0 Å². The van der Waals surface area contributed by atoms with E-state index in [1.807, 2.05) is 6.92 Å². The van der Waals surface area contributed by atoms with Crippen LogP contribution in [0.3, 0.4) is 0 Å². The van der Waals surface area contributed by atoms with E-state index in [-0.39, 0.29) is 5.91 Å². The fourth-order valence-corrected chi connectivity index (χ4v) is 3.12. The van der Waals surface area contributed by atoms with Crippen molar-refractivity contribution in [2.75, 3.05) is 11.2 Å². The summed E-state index contributed by atoms with van der Waals surface area (Å²) in [6.45, 7) is 3.57. The molecule has 2 aromatic heterocycles. The second-order valence-electron chi connectivity index (χ2n) is 5.30. The Labute approximate surface area is 153 Å². The molecule has 3 aromatic rings. The molecule has 0 aliphatic rings. The van der Waals surface area contributed by atoms with Crippen LogP contribution >= 0.6 is 23.4 Å². The third kappa shape index (κ3) is 3.64. The molecule has 1 atom stereocenters. The smallest absolute Gasteiger partial charge is 0.237 e. The van der Waals surface area contributed by atoms with Gasteiger partial charge in [-0.15, -0.1) is 10.2 Å². The second kappa shape index (κ2) is 7.20. The number of nitrogen functional groups attached to an aromatic ring is 1. The number of rotatable bonds is 5. The van der Waals surface area contributed by atoms with Gasteiger partial charge in [0, 0.05) is 0 Å². The number of amides is 1. The number of anilines is 1. The van der Waals surface area contributed by atoms with E-state index in [4.69, 9.17) is 21.9 Å². The second-order valence-corrected chi connectivity index (χ2v) is 7.01. The molecule has 0 saturated carbocycles. The van der Waals surface area contributed by atoms with Crippen LogP contribution in [0.5, 0.6) is 0 Å². The molecule has 3 rings (SSSR count). The van der Waals surface area contributed by atoms with Gasteiger partial charge in [0.2, 0.25) is 11.1 Å². The standard InChI is InChI=1S/C16H16ClN5O2S/c1-9-11(7-8-24-9)14-20-21-16(22(14)18)25-10(2)15(23)19-13-6-4-3-5-12(13)17/h3-8,10H,18H2,1-2H3,(H,19,23). The molecule has 0 aliphatic heterocycles. The van der Waals surface area contributed by atoms with E-state index in [1.54, 1.807) is 43.5 Å². The third-order valence-electron chi connectivity index (χ3n) is 3.55. The zero-order valence-electron chi connectivity index (χ0n) is 13.6. The first-order valence-corrected chi connectivity index (χ1v) is 8.70. The van der Waals surface area contributed by atoms with Gasteiger partial charge in [-0.2, -0.15) is 0 Å². The number of carbonyl (C=O) groups excluding carboxylic acids is 1. The number of nitrogens with two attached hydrogens (primary N) is 1. The van der Waals surface area contributed by atoms with Crippen molar-refractivity contribution in [3.05, 3.63) is 47.4 Å². The maximum Gasteiger partial charge on any atom is 0.237 e. The number of nitrogens with one attached hydrogen (secondary N) is 1. The number of hydrogen-bond acceptors (Lipinski definition) is 6. The minimum absolute atomic E-state index is 0.206. The van der Waals surface area contributed by atoms with Gasteiger partial charge in [0.15, 0.2) is 5.82 Å². The molecule has 7 nitrogen and oxygen atoms in total. The molecule has 0 aliphatic carbocycles. The van der Waals surface area contributed by atoms with Crippen LogP contribution in [-0.2, 0) is 4.79 Å². The van der Waals surface area contributed by atoms with Crippen molar-refractivity contribution in [1.82, 2.24) is 14.9 Å². The first kappa shape index (κ1) is 17.4. The van der Waals surface area contributed by atoms with Crippen LogP contribution < -0.4 is 11.2 Å². The lowest BCUT2D eigenvalue weighted by Gasteiger charge is -2.12. The molecule has 130 valence electrons. The number of furan rings is 1. The molecule has 0 fully saturated rings. The van der Waals surface area contributed by atoms with E-state index in [2.05, 4.69) is 15.5 Å². The summed E-state index contributed by atoms with van der Waals surface area (Å²) in [6.07, 6.45) is 1.56. The lowest BCUT2D eigenvalue weighted by atomic mass is 10.2. The normalized spacial score (nSPS) is 12.1. The lowest BCUT2D eigenvalue weighted by Crippen LogP contribution is -2.23. The largest absolute Gasteiger partial charge is 0.469 e. The van der Waals surface area contributed by atoms with Gasteiger partial charge in [0.05, 0.1) is 27.8 Å². The number of hydrogen-bond donors (Lipinski definition) is 2. The van der Waals surface area contributed by atoms with Gasteiger partial charge < -0.3 is 15.6 Å². The fraction of sp³-hybridized carbons (Fsp3) is 0.188. The minimum atomic E-state index is -0.443. The number of aryl methyl sites for hydroxylation is 1. The molecule has 0 spiro atoms. The van der Waals surface area contributed by atoms with Crippen molar-refractivity contribution in [2.45, 2.75) is 24.3 Å². The van der Waals surface area contributed by atoms with E-state index in [0.717, 1.165) is 5.56 Å². The number of carbonyl (C=O) groups is 1. The fourth-order valence-electron chi connectivity index (χ4n) is 2.17. The van der Waals surface area contributed by atoms with Gasteiger partial charge in [0.25, 0.3) is 0 Å². The van der Waals surface area contributed by atoms with Crippen molar-refractivity contribution >= 4 is 35.0 Å². The van der Waals surface area contributed by atoms with Crippen LogP contribution in [0.15, 0.2) is 46.2 Å². The molecular weight excluding hydrogens is 362 g/mol. The summed E-state index contributed by atoms with van der Waals surface area (Å²) in [5.74, 6) is 7.03. The van der Waals surface area contributed by atoms with Gasteiger partial charge in [-0.25, -0.2) is 4.68 Å². The van der Waals surface area contributed by atoms with Crippen LogP contribution in [0.4, 0.5) is 5.69 Å². The Morgan fingerprint density at radius 1 is 1.36 bits per heavy atom. The van der Waals surface area contributed by atoms with Crippen molar-refractivity contribution in [3.63, 3.8) is 0 Å². The summed E-state index contributed by atoms with van der Waals surface area (Å²) in [5, 5.41) is 11.4. The molecule has 1 amide bonds. The van der Waals surface area contributed by atoms with Crippen molar-refractivity contribution in [1.29, 1.82) is 0 Å². The summed E-state index contributed by atoms with van der Waals surface area (Å²) >= 11 is 7.26. The topological polar surface area (TPSA) is 99.0 Å². The number of halogens is 1. The monoisotopic (exact) mass is 377 g/mol. The molecule has 9 heteroatoms. The molecule has 1 aromatic carbocycles. The van der Waals surface area contributed by atoms with E-state index in [0.29, 0.717) is 27.5 Å². The molecule has 0 radical (unpaired) electrons. The molecule has 1 unspecified atom stereocenters. The molecule has 2 heterocycles. The zero-order valence-corrected chi connectivity index (χ0v) is 15.1. The first-order chi connectivity index (χ1) is 12.0. The number of nitrogens with zero attached hydrogens (tertiary/aromatic N) is 3. The summed E-state index contributed by atoms with van der Waals surface area (Å²) in [5.41, 5.74) is 1.32. The Bertz CT molecular complexity index is 908. The number of benzene rings is 1. The van der Waals surface area contributed by atoms with Gasteiger partial charge in [-0.3, -0.25) is 4.79 Å². The Morgan fingerprint density at radius 2 is 2.12 bits per heavy atom. The maximum atomic E-state index is 12.4. The number of aromatic nitrogens is 3. The van der Waals surface area contributed by atoms with Crippen molar-refractivity contribution < 1.29 is 9.21 Å². The molecular formula is C16H16ClN5O2S. The number of thioether (sulfide) groups is 1. The highest BCUT2D eigenvalue weighted by Gasteiger charge is 2.21. The molecule has 0 saturated heterocycles.